The van der Waals surface area contributed by atoms with E-state index < -0.39 is 0 Å². The van der Waals surface area contributed by atoms with Gasteiger partial charge in [0, 0.05) is 10.9 Å². The first-order valence-electron chi connectivity index (χ1n) is 4.79. The SMILES string of the molecule is O=C(Cc1ccc(F)cc1)c1cc(Br)c(Cl)s1. The number of benzene rings is 1. The maximum Gasteiger partial charge on any atom is 0.177 e. The topological polar surface area (TPSA) is 17.1 Å². The van der Waals surface area contributed by atoms with E-state index in [4.69, 9.17) is 11.6 Å². The first-order chi connectivity index (χ1) is 8.06. The molecule has 1 heterocycles. The van der Waals surface area contributed by atoms with Gasteiger partial charge >= 0.3 is 0 Å². The molecule has 0 spiro atoms. The number of hydrogen-bond donors (Lipinski definition) is 0. The minimum atomic E-state index is -0.303. The van der Waals surface area contributed by atoms with Crippen LogP contribution in [0.5, 0.6) is 0 Å². The van der Waals surface area contributed by atoms with Crippen molar-refractivity contribution in [2.45, 2.75) is 6.42 Å². The molecule has 1 nitrogen and oxygen atoms in total. The normalized spacial score (nSPS) is 10.5. The molecule has 0 aliphatic heterocycles. The summed E-state index contributed by atoms with van der Waals surface area (Å²) in [6, 6.07) is 7.62. The van der Waals surface area contributed by atoms with Crippen LogP contribution in [-0.2, 0) is 6.42 Å². The van der Waals surface area contributed by atoms with Crippen molar-refractivity contribution in [2.24, 2.45) is 0 Å². The molecular weight excluding hydrogens is 327 g/mol. The van der Waals surface area contributed by atoms with Gasteiger partial charge in [0.1, 0.15) is 10.2 Å². The van der Waals surface area contributed by atoms with Gasteiger partial charge in [0.15, 0.2) is 5.78 Å². The van der Waals surface area contributed by atoms with Crippen molar-refractivity contribution in [3.05, 3.63) is 55.4 Å². The van der Waals surface area contributed by atoms with Gasteiger partial charge in [-0.2, -0.15) is 0 Å². The maximum absolute atomic E-state index is 12.7. The smallest absolute Gasteiger partial charge is 0.177 e. The molecule has 0 fully saturated rings. The number of hydrogen-bond acceptors (Lipinski definition) is 2. The average molecular weight is 334 g/mol. The highest BCUT2D eigenvalue weighted by Crippen LogP contribution is 2.32. The second kappa shape index (κ2) is 5.29. The van der Waals surface area contributed by atoms with Crippen molar-refractivity contribution in [1.29, 1.82) is 0 Å². The Kier molecular flexibility index (Phi) is 3.97. The van der Waals surface area contributed by atoms with Gasteiger partial charge in [-0.05, 0) is 39.7 Å². The van der Waals surface area contributed by atoms with Gasteiger partial charge in [0.2, 0.25) is 0 Å². The second-order valence-electron chi connectivity index (χ2n) is 3.46. The lowest BCUT2D eigenvalue weighted by Gasteiger charge is -1.98. The molecule has 0 radical (unpaired) electrons. The van der Waals surface area contributed by atoms with E-state index in [1.807, 2.05) is 0 Å². The zero-order chi connectivity index (χ0) is 12.4. The Hall–Kier alpha value is -0.710. The van der Waals surface area contributed by atoms with Crippen molar-refractivity contribution in [3.63, 3.8) is 0 Å². The second-order valence-corrected chi connectivity index (χ2v) is 5.97. The van der Waals surface area contributed by atoms with Crippen LogP contribution in [0.25, 0.3) is 0 Å². The zero-order valence-corrected chi connectivity index (χ0v) is 11.7. The summed E-state index contributed by atoms with van der Waals surface area (Å²) < 4.78 is 14.0. The Balaban J connectivity index is 2.14. The zero-order valence-electron chi connectivity index (χ0n) is 8.54. The monoisotopic (exact) mass is 332 g/mol. The molecule has 88 valence electrons. The van der Waals surface area contributed by atoms with Gasteiger partial charge in [-0.3, -0.25) is 4.79 Å². The largest absolute Gasteiger partial charge is 0.293 e. The third-order valence-electron chi connectivity index (χ3n) is 2.20. The number of thiophene rings is 1. The number of rotatable bonds is 3. The molecule has 5 heteroatoms. The van der Waals surface area contributed by atoms with E-state index in [0.29, 0.717) is 9.21 Å². The van der Waals surface area contributed by atoms with Crippen molar-refractivity contribution >= 4 is 44.7 Å². The Morgan fingerprint density at radius 2 is 2.00 bits per heavy atom. The third kappa shape index (κ3) is 3.15. The van der Waals surface area contributed by atoms with E-state index in [1.54, 1.807) is 18.2 Å². The first-order valence-corrected chi connectivity index (χ1v) is 6.77. The molecule has 0 saturated carbocycles. The molecule has 0 atom stereocenters. The van der Waals surface area contributed by atoms with Crippen molar-refractivity contribution in [1.82, 2.24) is 0 Å². The molecule has 2 aromatic rings. The minimum Gasteiger partial charge on any atom is -0.293 e. The van der Waals surface area contributed by atoms with E-state index in [9.17, 15) is 9.18 Å². The number of Topliss-reactive ketones (excluding diaryl/α,β-unsaturated/α-hetero) is 1. The molecule has 0 bridgehead atoms. The molecular formula is C12H7BrClFOS. The van der Waals surface area contributed by atoms with Crippen LogP contribution in [-0.4, -0.2) is 5.78 Å². The Morgan fingerprint density at radius 1 is 1.35 bits per heavy atom. The lowest BCUT2D eigenvalue weighted by atomic mass is 10.1. The number of ketones is 1. The molecule has 0 aliphatic carbocycles. The molecule has 2 rings (SSSR count). The molecule has 0 unspecified atom stereocenters. The summed E-state index contributed by atoms with van der Waals surface area (Å²) in [6.07, 6.45) is 0.254. The molecule has 17 heavy (non-hydrogen) atoms. The van der Waals surface area contributed by atoms with Crippen LogP contribution < -0.4 is 0 Å². The average Bonchev–Trinajstić information content (AvgIpc) is 2.63. The first kappa shape index (κ1) is 12.7. The van der Waals surface area contributed by atoms with E-state index in [0.717, 1.165) is 10.0 Å². The Bertz CT molecular complexity index is 531. The molecule has 0 aliphatic rings. The summed E-state index contributed by atoms with van der Waals surface area (Å²) in [6.45, 7) is 0. The van der Waals surface area contributed by atoms with Crippen LogP contribution in [0.2, 0.25) is 4.34 Å². The molecule has 1 aromatic carbocycles. The summed E-state index contributed by atoms with van der Waals surface area (Å²) in [5.74, 6) is -0.322. The molecule has 0 N–H and O–H groups in total. The molecule has 0 saturated heterocycles. The lowest BCUT2D eigenvalue weighted by Crippen LogP contribution is -2.00. The van der Waals surface area contributed by atoms with Crippen LogP contribution in [0, 0.1) is 5.82 Å². The van der Waals surface area contributed by atoms with Crippen LogP contribution >= 0.6 is 38.9 Å². The predicted octanol–water partition coefficient (Wildman–Crippen LogP) is 4.73. The van der Waals surface area contributed by atoms with E-state index in [1.165, 1.54) is 23.5 Å². The summed E-state index contributed by atoms with van der Waals surface area (Å²) >= 11 is 10.4. The molecule has 0 amide bonds. The highest BCUT2D eigenvalue weighted by atomic mass is 79.9. The predicted molar refractivity (Wildman–Crippen MR) is 71.5 cm³/mol. The van der Waals surface area contributed by atoms with Crippen molar-refractivity contribution in [3.8, 4) is 0 Å². The van der Waals surface area contributed by atoms with Crippen LogP contribution in [0.15, 0.2) is 34.8 Å². The lowest BCUT2D eigenvalue weighted by molar-refractivity contribution is 0.0997. The Morgan fingerprint density at radius 3 is 2.53 bits per heavy atom. The summed E-state index contributed by atoms with van der Waals surface area (Å²) in [5.41, 5.74) is 0.789. The van der Waals surface area contributed by atoms with Gasteiger partial charge in [-0.1, -0.05) is 23.7 Å². The van der Waals surface area contributed by atoms with Gasteiger partial charge in [0.25, 0.3) is 0 Å². The van der Waals surface area contributed by atoms with E-state index in [2.05, 4.69) is 15.9 Å². The van der Waals surface area contributed by atoms with Crippen LogP contribution in [0.3, 0.4) is 0 Å². The fraction of sp³-hybridized carbons (Fsp3) is 0.0833. The van der Waals surface area contributed by atoms with Gasteiger partial charge in [-0.15, -0.1) is 11.3 Å². The number of halogens is 3. The quantitative estimate of drug-likeness (QED) is 0.742. The van der Waals surface area contributed by atoms with Gasteiger partial charge in [-0.25, -0.2) is 4.39 Å². The van der Waals surface area contributed by atoms with Gasteiger partial charge < -0.3 is 0 Å². The standard InChI is InChI=1S/C12H7BrClFOS/c13-9-6-11(17-12(9)14)10(16)5-7-1-3-8(15)4-2-7/h1-4,6H,5H2. The van der Waals surface area contributed by atoms with E-state index in [-0.39, 0.29) is 18.0 Å². The third-order valence-corrected chi connectivity index (χ3v) is 4.71. The number of carbonyl (C=O) groups excluding carboxylic acids is 1. The highest BCUT2D eigenvalue weighted by Gasteiger charge is 2.12. The number of carbonyl (C=O) groups is 1. The highest BCUT2D eigenvalue weighted by molar-refractivity contribution is 9.10. The fourth-order valence-corrected chi connectivity index (χ4v) is 3.00. The molecule has 1 aromatic heterocycles. The summed E-state index contributed by atoms with van der Waals surface area (Å²) in [4.78, 5) is 12.5. The van der Waals surface area contributed by atoms with Crippen LogP contribution in [0.4, 0.5) is 4.39 Å². The van der Waals surface area contributed by atoms with Crippen molar-refractivity contribution in [2.75, 3.05) is 0 Å². The van der Waals surface area contributed by atoms with Crippen molar-refractivity contribution < 1.29 is 9.18 Å². The van der Waals surface area contributed by atoms with Crippen LogP contribution in [0.1, 0.15) is 15.2 Å². The van der Waals surface area contributed by atoms with E-state index >= 15 is 0 Å². The summed E-state index contributed by atoms with van der Waals surface area (Å²) in [5, 5.41) is 0. The maximum atomic E-state index is 12.7. The summed E-state index contributed by atoms with van der Waals surface area (Å²) in [7, 11) is 0. The Labute approximate surface area is 115 Å². The van der Waals surface area contributed by atoms with Gasteiger partial charge in [0.05, 0.1) is 4.88 Å². The minimum absolute atomic E-state index is 0.0193. The fourth-order valence-electron chi connectivity index (χ4n) is 1.36.